The van der Waals surface area contributed by atoms with E-state index in [2.05, 4.69) is 10.3 Å². The van der Waals surface area contributed by atoms with Gasteiger partial charge < -0.3 is 14.8 Å². The fourth-order valence-electron chi connectivity index (χ4n) is 5.03. The van der Waals surface area contributed by atoms with Crippen LogP contribution in [0.15, 0.2) is 81.6 Å². The molecule has 3 aliphatic heterocycles. The van der Waals surface area contributed by atoms with Gasteiger partial charge in [0.05, 0.1) is 16.4 Å². The second kappa shape index (κ2) is 11.2. The number of nitrogens with zero attached hydrogens (tertiary/aromatic N) is 5. The largest absolute Gasteiger partial charge is 0.454 e. The molecule has 3 aliphatic rings. The van der Waals surface area contributed by atoms with Gasteiger partial charge in [0.2, 0.25) is 12.7 Å². The minimum atomic E-state index is -0.726. The van der Waals surface area contributed by atoms with Crippen LogP contribution in [0, 0.1) is 0 Å². The number of pyridine rings is 1. The van der Waals surface area contributed by atoms with E-state index < -0.39 is 6.04 Å². The van der Waals surface area contributed by atoms with Crippen LogP contribution in [-0.2, 0) is 21.9 Å². The molecule has 11 nitrogen and oxygen atoms in total. The summed E-state index contributed by atoms with van der Waals surface area (Å²) in [5.41, 5.74) is 3.08. The molecule has 1 atom stereocenters. The number of hydrogen-bond donors (Lipinski definition) is 1. The van der Waals surface area contributed by atoms with Gasteiger partial charge in [-0.1, -0.05) is 41.6 Å². The molecule has 2 aromatic carbocycles. The molecule has 7 rings (SSSR count). The number of amides is 2. The summed E-state index contributed by atoms with van der Waals surface area (Å²) in [5, 5.41) is 3.77. The Kier molecular flexibility index (Phi) is 7.07. The van der Waals surface area contributed by atoms with Gasteiger partial charge in [-0.05, 0) is 48.4 Å². The summed E-state index contributed by atoms with van der Waals surface area (Å²) in [6, 6.07) is 17.1. The Morgan fingerprint density at radius 1 is 1.07 bits per heavy atom. The summed E-state index contributed by atoms with van der Waals surface area (Å²) in [7, 11) is 0. The smallest absolute Gasteiger partial charge is 0.259 e. The van der Waals surface area contributed by atoms with Crippen molar-refractivity contribution in [3.05, 3.63) is 99.1 Å². The maximum atomic E-state index is 13.6. The predicted molar refractivity (Wildman–Crippen MR) is 162 cm³/mol. The monoisotopic (exact) mass is 614 g/mol. The van der Waals surface area contributed by atoms with Gasteiger partial charge in [-0.25, -0.2) is 14.9 Å². The molecular formula is C30H23ClN6O5S. The highest BCUT2D eigenvalue weighted by Crippen LogP contribution is 2.35. The molecule has 1 N–H and O–H groups in total. The van der Waals surface area contributed by atoms with E-state index >= 15 is 0 Å². The molecule has 2 amide bonds. The van der Waals surface area contributed by atoms with Crippen LogP contribution < -0.4 is 20.3 Å². The molecule has 5 heterocycles. The fourth-order valence-corrected chi connectivity index (χ4v) is 6.09. The van der Waals surface area contributed by atoms with Gasteiger partial charge in [0, 0.05) is 36.5 Å². The van der Waals surface area contributed by atoms with Crippen LogP contribution in [0.2, 0.25) is 5.02 Å². The first kappa shape index (κ1) is 27.2. The van der Waals surface area contributed by atoms with Crippen molar-refractivity contribution in [3.63, 3.8) is 0 Å². The maximum Gasteiger partial charge on any atom is 0.259 e. The Labute approximate surface area is 254 Å². The number of nitrogens with one attached hydrogen (secondary N) is 1. The van der Waals surface area contributed by atoms with Crippen molar-refractivity contribution in [1.29, 1.82) is 0 Å². The average molecular weight is 615 g/mol. The molecular weight excluding hydrogens is 592 g/mol. The number of halogens is 1. The second-order valence-electron chi connectivity index (χ2n) is 10.0. The predicted octanol–water partition coefficient (Wildman–Crippen LogP) is 4.07. The fraction of sp³-hybridized carbons (Fsp3) is 0.200. The number of para-hydroxylation sites is 1. The van der Waals surface area contributed by atoms with Crippen LogP contribution in [0.3, 0.4) is 0 Å². The lowest BCUT2D eigenvalue weighted by Gasteiger charge is -2.25. The zero-order chi connectivity index (χ0) is 29.5. The van der Waals surface area contributed by atoms with Gasteiger partial charge in [0.15, 0.2) is 16.7 Å². The molecule has 0 saturated carbocycles. The Hall–Kier alpha value is -4.68. The molecule has 4 aromatic rings. The summed E-state index contributed by atoms with van der Waals surface area (Å²) in [6.45, 7) is 0.515. The van der Waals surface area contributed by atoms with Gasteiger partial charge in [-0.2, -0.15) is 0 Å². The summed E-state index contributed by atoms with van der Waals surface area (Å²) in [6.07, 6.45) is 1.90. The molecule has 0 spiro atoms. The van der Waals surface area contributed by atoms with E-state index in [9.17, 15) is 14.4 Å². The Morgan fingerprint density at radius 3 is 2.84 bits per heavy atom. The SMILES string of the molecule is O=C(CC[C@H]1N=C2c3ccccc3N=C(SCc3cc(=O)n4cc(Cl)ccc4n3)N2C1=O)NCc1ccc2c(c1)OCO2. The van der Waals surface area contributed by atoms with Gasteiger partial charge in [0.25, 0.3) is 11.5 Å². The number of benzene rings is 2. The van der Waals surface area contributed by atoms with E-state index in [1.54, 1.807) is 12.1 Å². The molecule has 216 valence electrons. The lowest BCUT2D eigenvalue weighted by atomic mass is 10.1. The van der Waals surface area contributed by atoms with Crippen molar-refractivity contribution < 1.29 is 19.1 Å². The number of hydrogen-bond acceptors (Lipinski definition) is 9. The number of carbonyl (C=O) groups excluding carboxylic acids is 2. The normalized spacial score (nSPS) is 16.5. The lowest BCUT2D eigenvalue weighted by molar-refractivity contribution is -0.125. The van der Waals surface area contributed by atoms with Gasteiger partial charge >= 0.3 is 0 Å². The Balaban J connectivity index is 1.04. The van der Waals surface area contributed by atoms with E-state index in [4.69, 9.17) is 31.1 Å². The summed E-state index contributed by atoms with van der Waals surface area (Å²) in [5.74, 6) is 1.71. The van der Waals surface area contributed by atoms with Crippen LogP contribution in [0.1, 0.15) is 29.7 Å². The molecule has 2 aromatic heterocycles. The van der Waals surface area contributed by atoms with E-state index in [0.29, 0.717) is 56.9 Å². The number of fused-ring (bicyclic) bond motifs is 5. The summed E-state index contributed by atoms with van der Waals surface area (Å²) < 4.78 is 12.1. The molecule has 0 bridgehead atoms. The van der Waals surface area contributed by atoms with E-state index in [1.165, 1.54) is 33.3 Å². The summed E-state index contributed by atoms with van der Waals surface area (Å²) >= 11 is 7.32. The number of amidine groups is 2. The van der Waals surface area contributed by atoms with Crippen LogP contribution in [-0.4, -0.2) is 49.9 Å². The van der Waals surface area contributed by atoms with Crippen molar-refractivity contribution in [2.75, 3.05) is 6.79 Å². The standard InChI is InChI=1S/C30H23ClN6O5S/c31-18-6-9-25-33-19(12-27(39)36(25)14-18)15-43-30-35-21-4-2-1-3-20(21)28-34-22(29(40)37(28)30)7-10-26(38)32-13-17-5-8-23-24(11-17)42-16-41-23/h1-6,8-9,11-12,14,22H,7,10,13,15-16H2,(H,32,38)/t22-/m1/s1. The first-order valence-corrected chi connectivity index (χ1v) is 14.8. The van der Waals surface area contributed by atoms with E-state index in [0.717, 1.165) is 11.1 Å². The minimum absolute atomic E-state index is 0.127. The van der Waals surface area contributed by atoms with Crippen LogP contribution >= 0.6 is 23.4 Å². The highest BCUT2D eigenvalue weighted by Gasteiger charge is 2.41. The molecule has 0 radical (unpaired) electrons. The second-order valence-corrected chi connectivity index (χ2v) is 11.4. The number of aliphatic imine (C=N–C) groups is 2. The van der Waals surface area contributed by atoms with E-state index in [-0.39, 0.29) is 37.0 Å². The van der Waals surface area contributed by atoms with Crippen molar-refractivity contribution in [3.8, 4) is 11.5 Å². The molecule has 0 saturated heterocycles. The molecule has 13 heteroatoms. The average Bonchev–Trinajstić information content (AvgIpc) is 3.62. The first-order chi connectivity index (χ1) is 20.9. The van der Waals surface area contributed by atoms with Crippen LogP contribution in [0.25, 0.3) is 5.65 Å². The van der Waals surface area contributed by atoms with Crippen LogP contribution in [0.4, 0.5) is 5.69 Å². The van der Waals surface area contributed by atoms with Gasteiger partial charge in [-0.3, -0.25) is 23.8 Å². The number of ether oxygens (including phenoxy) is 2. The number of aromatic nitrogens is 2. The quantitative estimate of drug-likeness (QED) is 0.333. The van der Waals surface area contributed by atoms with Gasteiger partial charge in [-0.15, -0.1) is 0 Å². The Bertz CT molecular complexity index is 1930. The minimum Gasteiger partial charge on any atom is -0.454 e. The zero-order valence-electron chi connectivity index (χ0n) is 22.5. The molecule has 0 unspecified atom stereocenters. The summed E-state index contributed by atoms with van der Waals surface area (Å²) in [4.78, 5) is 54.5. The third-order valence-corrected chi connectivity index (χ3v) is 8.34. The molecule has 43 heavy (non-hydrogen) atoms. The number of carbonyl (C=O) groups is 2. The third kappa shape index (κ3) is 5.35. The molecule has 0 fully saturated rings. The number of thioether (sulfide) groups is 1. The highest BCUT2D eigenvalue weighted by molar-refractivity contribution is 8.13. The van der Waals surface area contributed by atoms with Crippen molar-refractivity contribution in [1.82, 2.24) is 19.6 Å². The zero-order valence-corrected chi connectivity index (χ0v) is 24.1. The lowest BCUT2D eigenvalue weighted by Crippen LogP contribution is -2.41. The Morgan fingerprint density at radius 2 is 1.93 bits per heavy atom. The van der Waals surface area contributed by atoms with Crippen molar-refractivity contribution >= 4 is 57.5 Å². The molecule has 0 aliphatic carbocycles. The van der Waals surface area contributed by atoms with Gasteiger partial charge in [0.1, 0.15) is 17.5 Å². The van der Waals surface area contributed by atoms with E-state index in [1.807, 2.05) is 42.5 Å². The topological polar surface area (TPSA) is 127 Å². The maximum absolute atomic E-state index is 13.6. The van der Waals surface area contributed by atoms with Crippen LogP contribution in [0.5, 0.6) is 11.5 Å². The first-order valence-electron chi connectivity index (χ1n) is 13.5. The van der Waals surface area contributed by atoms with Crippen molar-refractivity contribution in [2.24, 2.45) is 9.98 Å². The third-order valence-electron chi connectivity index (χ3n) is 7.14. The number of rotatable bonds is 7. The van der Waals surface area contributed by atoms with Crippen molar-refractivity contribution in [2.45, 2.75) is 31.2 Å². The highest BCUT2D eigenvalue weighted by atomic mass is 35.5.